The smallest absolute Gasteiger partial charge is 0.244 e. The molecule has 2 aromatic carbocycles. The molecule has 0 aliphatic carbocycles. The van der Waals surface area contributed by atoms with Gasteiger partial charge in [-0.25, -0.2) is 5.43 Å². The molecule has 1 amide bonds. The first-order valence-corrected chi connectivity index (χ1v) is 8.75. The summed E-state index contributed by atoms with van der Waals surface area (Å²) in [6.45, 7) is 3.85. The number of nitrogens with one attached hydrogen (secondary N) is 1. The van der Waals surface area contributed by atoms with E-state index in [0.717, 1.165) is 5.56 Å². The van der Waals surface area contributed by atoms with Gasteiger partial charge in [-0.05, 0) is 61.4 Å². The minimum absolute atomic E-state index is 0.0368. The van der Waals surface area contributed by atoms with E-state index >= 15 is 0 Å². The van der Waals surface area contributed by atoms with Crippen LogP contribution in [0.3, 0.4) is 0 Å². The van der Waals surface area contributed by atoms with Crippen molar-refractivity contribution in [2.75, 3.05) is 7.11 Å². The molecule has 0 saturated heterocycles. The van der Waals surface area contributed by atoms with Crippen molar-refractivity contribution in [1.29, 1.82) is 0 Å². The number of hydrogen-bond acceptors (Lipinski definition) is 4. The monoisotopic (exact) mass is 394 g/mol. The van der Waals surface area contributed by atoms with E-state index in [2.05, 4.69) is 10.5 Å². The topological polar surface area (TPSA) is 59.9 Å². The van der Waals surface area contributed by atoms with Crippen LogP contribution in [0.4, 0.5) is 0 Å². The van der Waals surface area contributed by atoms with Gasteiger partial charge in [0.25, 0.3) is 0 Å². The van der Waals surface area contributed by atoms with Gasteiger partial charge in [0.2, 0.25) is 5.91 Å². The summed E-state index contributed by atoms with van der Waals surface area (Å²) in [6, 6.07) is 10.4. The third-order valence-corrected chi connectivity index (χ3v) is 3.99. The van der Waals surface area contributed by atoms with Gasteiger partial charge in [-0.1, -0.05) is 23.2 Å². The second kappa shape index (κ2) is 9.46. The highest BCUT2D eigenvalue weighted by atomic mass is 35.5. The Morgan fingerprint density at radius 1 is 1.19 bits per heavy atom. The van der Waals surface area contributed by atoms with Crippen LogP contribution in [0.5, 0.6) is 11.5 Å². The number of methoxy groups -OCH3 is 1. The van der Waals surface area contributed by atoms with Crippen LogP contribution >= 0.6 is 23.2 Å². The lowest BCUT2D eigenvalue weighted by Crippen LogP contribution is -2.20. The fourth-order valence-electron chi connectivity index (χ4n) is 2.15. The summed E-state index contributed by atoms with van der Waals surface area (Å²) in [5, 5.41) is 4.92. The SMILES string of the molecule is COc1ccc(Cl)c(CC(=O)N/N=C/c2ccc(OC(C)C)c(Cl)c2)c1. The van der Waals surface area contributed by atoms with Crippen LogP contribution < -0.4 is 14.9 Å². The van der Waals surface area contributed by atoms with Gasteiger partial charge >= 0.3 is 0 Å². The first-order valence-electron chi connectivity index (χ1n) is 7.99. The lowest BCUT2D eigenvalue weighted by molar-refractivity contribution is -0.120. The molecule has 0 heterocycles. The number of carbonyl (C=O) groups excluding carboxylic acids is 1. The van der Waals surface area contributed by atoms with E-state index < -0.39 is 0 Å². The number of hydrazone groups is 1. The van der Waals surface area contributed by atoms with E-state index in [-0.39, 0.29) is 18.4 Å². The van der Waals surface area contributed by atoms with Crippen molar-refractivity contribution in [1.82, 2.24) is 5.43 Å². The summed E-state index contributed by atoms with van der Waals surface area (Å²) in [5.41, 5.74) is 3.87. The number of hydrogen-bond donors (Lipinski definition) is 1. The van der Waals surface area contributed by atoms with Crippen LogP contribution in [0.1, 0.15) is 25.0 Å². The number of amides is 1. The zero-order chi connectivity index (χ0) is 19.1. The Labute approximate surface area is 162 Å². The number of ether oxygens (including phenoxy) is 2. The normalized spacial score (nSPS) is 11.0. The summed E-state index contributed by atoms with van der Waals surface area (Å²) >= 11 is 12.3. The molecule has 0 unspecified atom stereocenters. The maximum atomic E-state index is 12.0. The van der Waals surface area contributed by atoms with Crippen LogP contribution in [0.15, 0.2) is 41.5 Å². The van der Waals surface area contributed by atoms with E-state index in [1.807, 2.05) is 13.8 Å². The Hall–Kier alpha value is -2.24. The van der Waals surface area contributed by atoms with Crippen molar-refractivity contribution in [3.05, 3.63) is 57.6 Å². The molecule has 138 valence electrons. The summed E-state index contributed by atoms with van der Waals surface area (Å²) in [4.78, 5) is 12.0. The molecule has 0 atom stereocenters. The molecule has 0 spiro atoms. The minimum atomic E-state index is -0.290. The molecular formula is C19H20Cl2N2O3. The highest BCUT2D eigenvalue weighted by Gasteiger charge is 2.08. The molecule has 0 aliphatic rings. The molecule has 7 heteroatoms. The first-order chi connectivity index (χ1) is 12.4. The van der Waals surface area contributed by atoms with Crippen LogP contribution in [0, 0.1) is 0 Å². The van der Waals surface area contributed by atoms with Crippen molar-refractivity contribution < 1.29 is 14.3 Å². The molecular weight excluding hydrogens is 375 g/mol. The summed E-state index contributed by atoms with van der Waals surface area (Å²) in [6.07, 6.45) is 1.64. The third-order valence-electron chi connectivity index (χ3n) is 3.33. The molecule has 0 aromatic heterocycles. The Morgan fingerprint density at radius 2 is 1.96 bits per heavy atom. The number of halogens is 2. The molecule has 5 nitrogen and oxygen atoms in total. The van der Waals surface area contributed by atoms with E-state index in [1.54, 1.807) is 43.5 Å². The largest absolute Gasteiger partial charge is 0.497 e. The maximum absolute atomic E-state index is 12.0. The van der Waals surface area contributed by atoms with Crippen molar-refractivity contribution in [2.45, 2.75) is 26.4 Å². The second-order valence-electron chi connectivity index (χ2n) is 5.78. The van der Waals surface area contributed by atoms with Gasteiger partial charge in [-0.3, -0.25) is 4.79 Å². The van der Waals surface area contributed by atoms with Crippen molar-refractivity contribution >= 4 is 35.3 Å². The second-order valence-corrected chi connectivity index (χ2v) is 6.60. The van der Waals surface area contributed by atoms with E-state index in [1.165, 1.54) is 6.21 Å². The highest BCUT2D eigenvalue weighted by molar-refractivity contribution is 6.32. The van der Waals surface area contributed by atoms with Crippen LogP contribution in [-0.4, -0.2) is 25.3 Å². The molecule has 1 N–H and O–H groups in total. The summed E-state index contributed by atoms with van der Waals surface area (Å²) in [5.74, 6) is 0.955. The lowest BCUT2D eigenvalue weighted by Gasteiger charge is -2.11. The van der Waals surface area contributed by atoms with E-state index in [4.69, 9.17) is 32.7 Å². The summed E-state index contributed by atoms with van der Waals surface area (Å²) < 4.78 is 10.7. The predicted octanol–water partition coefficient (Wildman–Crippen LogP) is 4.48. The van der Waals surface area contributed by atoms with Crippen LogP contribution in [0.25, 0.3) is 0 Å². The molecule has 0 radical (unpaired) electrons. The van der Waals surface area contributed by atoms with Gasteiger partial charge < -0.3 is 9.47 Å². The number of rotatable bonds is 7. The number of nitrogens with zero attached hydrogens (tertiary/aromatic N) is 1. The van der Waals surface area contributed by atoms with Crippen molar-refractivity contribution in [3.63, 3.8) is 0 Å². The van der Waals surface area contributed by atoms with Crippen molar-refractivity contribution in [2.24, 2.45) is 5.10 Å². The Morgan fingerprint density at radius 3 is 2.62 bits per heavy atom. The molecule has 0 bridgehead atoms. The van der Waals surface area contributed by atoms with Crippen LogP contribution in [-0.2, 0) is 11.2 Å². The predicted molar refractivity (Wildman–Crippen MR) is 105 cm³/mol. The molecule has 0 aliphatic heterocycles. The zero-order valence-corrected chi connectivity index (χ0v) is 16.3. The van der Waals surface area contributed by atoms with Crippen LogP contribution in [0.2, 0.25) is 10.0 Å². The molecule has 26 heavy (non-hydrogen) atoms. The first kappa shape index (κ1) is 20.1. The standard InChI is InChI=1S/C19H20Cl2N2O3/c1-12(2)26-18-7-4-13(8-17(18)21)11-22-23-19(24)10-14-9-15(25-3)5-6-16(14)20/h4-9,11-12H,10H2,1-3H3,(H,23,24)/b22-11+. The van der Waals surface area contributed by atoms with Gasteiger partial charge in [0.05, 0.1) is 30.9 Å². The zero-order valence-electron chi connectivity index (χ0n) is 14.8. The van der Waals surface area contributed by atoms with E-state index in [0.29, 0.717) is 27.1 Å². The lowest BCUT2D eigenvalue weighted by atomic mass is 10.1. The molecule has 2 aromatic rings. The molecule has 2 rings (SSSR count). The average Bonchev–Trinajstić information content (AvgIpc) is 2.59. The Kier molecular flexibility index (Phi) is 7.30. The number of carbonyl (C=O) groups is 1. The third kappa shape index (κ3) is 5.93. The van der Waals surface area contributed by atoms with Gasteiger partial charge in [0, 0.05) is 5.02 Å². The highest BCUT2D eigenvalue weighted by Crippen LogP contribution is 2.26. The average molecular weight is 395 g/mol. The van der Waals surface area contributed by atoms with Gasteiger partial charge in [-0.2, -0.15) is 5.10 Å². The quantitative estimate of drug-likeness (QED) is 0.556. The van der Waals surface area contributed by atoms with Gasteiger partial charge in [0.1, 0.15) is 11.5 Å². The molecule has 0 fully saturated rings. The minimum Gasteiger partial charge on any atom is -0.497 e. The fourth-order valence-corrected chi connectivity index (χ4v) is 2.57. The van der Waals surface area contributed by atoms with Crippen molar-refractivity contribution in [3.8, 4) is 11.5 Å². The van der Waals surface area contributed by atoms with Gasteiger partial charge in [-0.15, -0.1) is 0 Å². The molecule has 0 saturated carbocycles. The number of benzene rings is 2. The Balaban J connectivity index is 1.96. The fraction of sp³-hybridized carbons (Fsp3) is 0.263. The van der Waals surface area contributed by atoms with E-state index in [9.17, 15) is 4.79 Å². The Bertz CT molecular complexity index is 807. The summed E-state index contributed by atoms with van der Waals surface area (Å²) in [7, 11) is 1.56. The van der Waals surface area contributed by atoms with Gasteiger partial charge in [0.15, 0.2) is 0 Å². The maximum Gasteiger partial charge on any atom is 0.244 e.